The van der Waals surface area contributed by atoms with Crippen LogP contribution in [0.25, 0.3) is 11.5 Å². The second-order valence-electron chi connectivity index (χ2n) is 5.04. The van der Waals surface area contributed by atoms with Gasteiger partial charge in [0.25, 0.3) is 0 Å². The molecule has 17 heavy (non-hydrogen) atoms. The summed E-state index contributed by atoms with van der Waals surface area (Å²) in [7, 11) is 1.91. The van der Waals surface area contributed by atoms with E-state index < -0.39 is 0 Å². The minimum Gasteiger partial charge on any atom is -0.331 e. The molecular weight excluding hydrogens is 236 g/mol. The van der Waals surface area contributed by atoms with E-state index in [0.717, 1.165) is 11.4 Å². The maximum atomic E-state index is 6.04. The summed E-state index contributed by atoms with van der Waals surface area (Å²) in [5.41, 5.74) is 1.73. The number of hydrogen-bond donors (Lipinski definition) is 0. The van der Waals surface area contributed by atoms with E-state index in [1.807, 2.05) is 11.6 Å². The molecule has 90 valence electrons. The molecule has 0 spiro atoms. The number of aryl methyl sites for hydroxylation is 1. The molecule has 2 rings (SSSR count). The van der Waals surface area contributed by atoms with Crippen LogP contribution in [0.3, 0.4) is 0 Å². The Morgan fingerprint density at radius 3 is 2.47 bits per heavy atom. The molecule has 0 saturated carbocycles. The average molecular weight is 251 g/mol. The lowest BCUT2D eigenvalue weighted by atomic mass is 9.92. The Bertz CT molecular complexity index is 540. The van der Waals surface area contributed by atoms with Crippen molar-refractivity contribution in [3.8, 4) is 11.5 Å². The monoisotopic (exact) mass is 250 g/mol. The SMILES string of the molecule is Cn1cncc1-c1nc(Cl)cc(C(C)(C)C)n1. The Kier molecular flexibility index (Phi) is 2.91. The number of imidazole rings is 1. The van der Waals surface area contributed by atoms with Gasteiger partial charge in [0.15, 0.2) is 5.82 Å². The Hall–Kier alpha value is -1.42. The van der Waals surface area contributed by atoms with Crippen LogP contribution < -0.4 is 0 Å². The van der Waals surface area contributed by atoms with Crippen LogP contribution in [0.1, 0.15) is 26.5 Å². The zero-order valence-electron chi connectivity index (χ0n) is 10.4. The molecule has 0 aliphatic rings. The molecule has 5 heteroatoms. The second kappa shape index (κ2) is 4.11. The molecule has 0 bridgehead atoms. The van der Waals surface area contributed by atoms with E-state index in [1.54, 1.807) is 18.6 Å². The van der Waals surface area contributed by atoms with Crippen LogP contribution in [-0.2, 0) is 12.5 Å². The van der Waals surface area contributed by atoms with Crippen molar-refractivity contribution in [3.63, 3.8) is 0 Å². The van der Waals surface area contributed by atoms with Crippen molar-refractivity contribution in [3.05, 3.63) is 29.4 Å². The molecule has 0 unspecified atom stereocenters. The number of hydrogen-bond acceptors (Lipinski definition) is 3. The molecule has 0 aromatic carbocycles. The highest BCUT2D eigenvalue weighted by atomic mass is 35.5. The minimum absolute atomic E-state index is 0.0556. The van der Waals surface area contributed by atoms with Crippen LogP contribution >= 0.6 is 11.6 Å². The number of halogens is 1. The van der Waals surface area contributed by atoms with E-state index in [1.165, 1.54) is 0 Å². The zero-order chi connectivity index (χ0) is 12.6. The van der Waals surface area contributed by atoms with Gasteiger partial charge in [-0.05, 0) is 6.07 Å². The van der Waals surface area contributed by atoms with Gasteiger partial charge >= 0.3 is 0 Å². The van der Waals surface area contributed by atoms with Crippen LogP contribution in [0, 0.1) is 0 Å². The number of rotatable bonds is 1. The fourth-order valence-corrected chi connectivity index (χ4v) is 1.67. The van der Waals surface area contributed by atoms with E-state index in [4.69, 9.17) is 11.6 Å². The quantitative estimate of drug-likeness (QED) is 0.731. The fourth-order valence-electron chi connectivity index (χ4n) is 1.49. The highest BCUT2D eigenvalue weighted by Gasteiger charge is 2.18. The van der Waals surface area contributed by atoms with E-state index in [0.29, 0.717) is 11.0 Å². The molecule has 4 nitrogen and oxygen atoms in total. The Labute approximate surface area is 106 Å². The summed E-state index contributed by atoms with van der Waals surface area (Å²) in [6, 6.07) is 1.81. The van der Waals surface area contributed by atoms with E-state index in [2.05, 4.69) is 35.7 Å². The average Bonchev–Trinajstić information content (AvgIpc) is 2.62. The molecule has 2 aromatic heterocycles. The molecule has 0 aliphatic carbocycles. The maximum Gasteiger partial charge on any atom is 0.179 e. The first kappa shape index (κ1) is 12.0. The third-order valence-corrected chi connectivity index (χ3v) is 2.70. The highest BCUT2D eigenvalue weighted by molar-refractivity contribution is 6.29. The first-order valence-electron chi connectivity index (χ1n) is 5.39. The third kappa shape index (κ3) is 2.47. The lowest BCUT2D eigenvalue weighted by Crippen LogP contribution is -2.14. The van der Waals surface area contributed by atoms with Gasteiger partial charge in [-0.3, -0.25) is 0 Å². The molecule has 0 saturated heterocycles. The molecule has 0 radical (unpaired) electrons. The van der Waals surface area contributed by atoms with Crippen LogP contribution in [0.5, 0.6) is 0 Å². The van der Waals surface area contributed by atoms with Crippen LogP contribution in [0.15, 0.2) is 18.6 Å². The summed E-state index contributed by atoms with van der Waals surface area (Å²) >= 11 is 6.04. The van der Waals surface area contributed by atoms with Crippen molar-refractivity contribution in [1.29, 1.82) is 0 Å². The van der Waals surface area contributed by atoms with Crippen molar-refractivity contribution in [1.82, 2.24) is 19.5 Å². The van der Waals surface area contributed by atoms with Gasteiger partial charge in [0.2, 0.25) is 0 Å². The summed E-state index contributed by atoms with van der Waals surface area (Å²) in [5, 5.41) is 0.459. The van der Waals surface area contributed by atoms with Crippen molar-refractivity contribution in [2.24, 2.45) is 7.05 Å². The molecule has 0 aliphatic heterocycles. The number of aromatic nitrogens is 4. The standard InChI is InChI=1S/C12H15ClN4/c1-12(2,3)9-5-10(13)16-11(15-9)8-6-14-7-17(8)4/h5-7H,1-4H3. The first-order valence-corrected chi connectivity index (χ1v) is 5.77. The normalized spacial score (nSPS) is 11.8. The lowest BCUT2D eigenvalue weighted by molar-refractivity contribution is 0.567. The van der Waals surface area contributed by atoms with Gasteiger partial charge in [-0.2, -0.15) is 0 Å². The lowest BCUT2D eigenvalue weighted by Gasteiger charge is -2.18. The summed E-state index contributed by atoms with van der Waals surface area (Å²) in [6.45, 7) is 6.29. The van der Waals surface area contributed by atoms with Gasteiger partial charge in [-0.15, -0.1) is 0 Å². The van der Waals surface area contributed by atoms with Crippen LogP contribution in [0.2, 0.25) is 5.15 Å². The Morgan fingerprint density at radius 1 is 1.24 bits per heavy atom. The fraction of sp³-hybridized carbons (Fsp3) is 0.417. The summed E-state index contributed by atoms with van der Waals surface area (Å²) in [5.74, 6) is 0.613. The van der Waals surface area contributed by atoms with Gasteiger partial charge in [0, 0.05) is 12.5 Å². The molecule has 0 N–H and O–H groups in total. The zero-order valence-corrected chi connectivity index (χ0v) is 11.2. The van der Waals surface area contributed by atoms with Gasteiger partial charge in [-0.25, -0.2) is 15.0 Å². The minimum atomic E-state index is -0.0556. The second-order valence-corrected chi connectivity index (χ2v) is 5.43. The molecule has 2 aromatic rings. The Morgan fingerprint density at radius 2 is 1.94 bits per heavy atom. The molecule has 0 atom stereocenters. The number of nitrogens with zero attached hydrogens (tertiary/aromatic N) is 4. The van der Waals surface area contributed by atoms with Gasteiger partial charge < -0.3 is 4.57 Å². The Balaban J connectivity index is 2.57. The molecular formula is C12H15ClN4. The van der Waals surface area contributed by atoms with E-state index in [9.17, 15) is 0 Å². The maximum absolute atomic E-state index is 6.04. The smallest absolute Gasteiger partial charge is 0.179 e. The molecule has 0 amide bonds. The highest BCUT2D eigenvalue weighted by Crippen LogP contribution is 2.25. The molecule has 2 heterocycles. The predicted molar refractivity (Wildman–Crippen MR) is 67.9 cm³/mol. The van der Waals surface area contributed by atoms with Crippen molar-refractivity contribution in [2.75, 3.05) is 0 Å². The predicted octanol–water partition coefficient (Wildman–Crippen LogP) is 2.83. The van der Waals surface area contributed by atoms with Gasteiger partial charge in [0.05, 0.1) is 18.2 Å². The first-order chi connectivity index (χ1) is 7.88. The van der Waals surface area contributed by atoms with Crippen LogP contribution in [-0.4, -0.2) is 19.5 Å². The van der Waals surface area contributed by atoms with Gasteiger partial charge in [-0.1, -0.05) is 32.4 Å². The summed E-state index contributed by atoms with van der Waals surface area (Å²) in [6.07, 6.45) is 3.45. The largest absolute Gasteiger partial charge is 0.331 e. The molecule has 0 fully saturated rings. The van der Waals surface area contributed by atoms with E-state index in [-0.39, 0.29) is 5.41 Å². The summed E-state index contributed by atoms with van der Waals surface area (Å²) < 4.78 is 1.87. The third-order valence-electron chi connectivity index (χ3n) is 2.51. The topological polar surface area (TPSA) is 43.6 Å². The van der Waals surface area contributed by atoms with Crippen molar-refractivity contribution >= 4 is 11.6 Å². The van der Waals surface area contributed by atoms with E-state index >= 15 is 0 Å². The summed E-state index contributed by atoms with van der Waals surface area (Å²) in [4.78, 5) is 12.9. The van der Waals surface area contributed by atoms with Crippen LogP contribution in [0.4, 0.5) is 0 Å². The van der Waals surface area contributed by atoms with Crippen molar-refractivity contribution < 1.29 is 0 Å². The van der Waals surface area contributed by atoms with Gasteiger partial charge in [0.1, 0.15) is 10.8 Å². The van der Waals surface area contributed by atoms with Crippen molar-refractivity contribution in [2.45, 2.75) is 26.2 Å².